The minimum atomic E-state index is -0.853. The van der Waals surface area contributed by atoms with E-state index in [2.05, 4.69) is 5.32 Å². The van der Waals surface area contributed by atoms with Crippen molar-refractivity contribution in [1.82, 2.24) is 0 Å². The highest BCUT2D eigenvalue weighted by atomic mass is 16.4. The summed E-state index contributed by atoms with van der Waals surface area (Å²) in [6, 6.07) is 8.60. The van der Waals surface area contributed by atoms with Gasteiger partial charge in [-0.05, 0) is 30.9 Å². The van der Waals surface area contributed by atoms with Gasteiger partial charge < -0.3 is 21.3 Å². The van der Waals surface area contributed by atoms with Crippen LogP contribution in [0.5, 0.6) is 0 Å². The van der Waals surface area contributed by atoms with E-state index in [4.69, 9.17) is 15.9 Å². The standard InChI is InChI=1S/C8H9NO2.C8H15NO2/c10-8(11)6-9-7-4-2-1-3-5-7;9-7(8(10)11)6-4-2-1-3-5-6/h1-5,9H,6H2,(H,10,11);6-7H,1-5,9H2,(H,10,11)/t;7-/m.0/s1. The van der Waals surface area contributed by atoms with E-state index in [1.165, 1.54) is 6.42 Å². The van der Waals surface area contributed by atoms with Gasteiger partial charge >= 0.3 is 11.9 Å². The number of carboxylic acid groups (broad SMARTS) is 2. The summed E-state index contributed by atoms with van der Waals surface area (Å²) < 4.78 is 0. The van der Waals surface area contributed by atoms with Gasteiger partial charge in [-0.25, -0.2) is 0 Å². The van der Waals surface area contributed by atoms with Crippen LogP contribution in [0.25, 0.3) is 0 Å². The van der Waals surface area contributed by atoms with Crippen LogP contribution in [0.1, 0.15) is 32.1 Å². The van der Waals surface area contributed by atoms with Crippen molar-refractivity contribution in [3.8, 4) is 0 Å². The Labute approximate surface area is 130 Å². The topological polar surface area (TPSA) is 113 Å². The molecule has 5 N–H and O–H groups in total. The van der Waals surface area contributed by atoms with E-state index in [1.807, 2.05) is 30.3 Å². The van der Waals surface area contributed by atoms with Crippen molar-refractivity contribution in [3.63, 3.8) is 0 Å². The number of nitrogens with one attached hydrogen (secondary N) is 1. The lowest BCUT2D eigenvalue weighted by Crippen LogP contribution is -2.38. The molecule has 6 nitrogen and oxygen atoms in total. The SMILES string of the molecule is N[C@H](C(=O)O)C1CCCCC1.O=C(O)CNc1ccccc1. The molecule has 0 saturated heterocycles. The summed E-state index contributed by atoms with van der Waals surface area (Å²) in [7, 11) is 0. The molecular formula is C16H24N2O4. The average Bonchev–Trinajstić information content (AvgIpc) is 2.54. The number of para-hydroxylation sites is 1. The summed E-state index contributed by atoms with van der Waals surface area (Å²) in [6.07, 6.45) is 5.51. The van der Waals surface area contributed by atoms with Gasteiger partial charge in [-0.15, -0.1) is 0 Å². The normalized spacial score (nSPS) is 16.0. The van der Waals surface area contributed by atoms with E-state index in [9.17, 15) is 9.59 Å². The Morgan fingerprint density at radius 2 is 1.73 bits per heavy atom. The summed E-state index contributed by atoms with van der Waals surface area (Å²) in [4.78, 5) is 20.6. The molecule has 0 amide bonds. The Kier molecular flexibility index (Phi) is 7.99. The van der Waals surface area contributed by atoms with Gasteiger partial charge in [0, 0.05) is 5.69 Å². The summed E-state index contributed by atoms with van der Waals surface area (Å²) >= 11 is 0. The van der Waals surface area contributed by atoms with Crippen LogP contribution in [-0.4, -0.2) is 34.7 Å². The molecule has 0 bridgehead atoms. The molecule has 122 valence electrons. The molecule has 0 aromatic heterocycles. The largest absolute Gasteiger partial charge is 0.480 e. The molecule has 0 aliphatic heterocycles. The monoisotopic (exact) mass is 308 g/mol. The van der Waals surface area contributed by atoms with Crippen molar-refractivity contribution in [2.75, 3.05) is 11.9 Å². The van der Waals surface area contributed by atoms with Crippen LogP contribution in [-0.2, 0) is 9.59 Å². The van der Waals surface area contributed by atoms with Crippen molar-refractivity contribution in [3.05, 3.63) is 30.3 Å². The van der Waals surface area contributed by atoms with Crippen LogP contribution in [0.4, 0.5) is 5.69 Å². The molecule has 22 heavy (non-hydrogen) atoms. The van der Waals surface area contributed by atoms with E-state index in [0.29, 0.717) is 0 Å². The molecule has 1 atom stereocenters. The summed E-state index contributed by atoms with van der Waals surface area (Å²) in [6.45, 7) is -0.0377. The quantitative estimate of drug-likeness (QED) is 0.663. The number of hydrogen-bond acceptors (Lipinski definition) is 4. The third-order valence-corrected chi connectivity index (χ3v) is 3.66. The van der Waals surface area contributed by atoms with Gasteiger partial charge in [0.05, 0.1) is 0 Å². The fourth-order valence-electron chi connectivity index (χ4n) is 2.43. The Morgan fingerprint density at radius 1 is 1.14 bits per heavy atom. The maximum atomic E-state index is 10.5. The first-order chi connectivity index (χ1) is 10.5. The second-order valence-electron chi connectivity index (χ2n) is 5.38. The maximum absolute atomic E-state index is 10.5. The average molecular weight is 308 g/mol. The summed E-state index contributed by atoms with van der Waals surface area (Å²) in [5.41, 5.74) is 6.32. The van der Waals surface area contributed by atoms with Crippen LogP contribution < -0.4 is 11.1 Å². The molecule has 1 aliphatic rings. The lowest BCUT2D eigenvalue weighted by molar-refractivity contribution is -0.140. The Balaban J connectivity index is 0.000000220. The molecule has 0 radical (unpaired) electrons. The van der Waals surface area contributed by atoms with E-state index < -0.39 is 18.0 Å². The Hall–Kier alpha value is -2.08. The fourth-order valence-corrected chi connectivity index (χ4v) is 2.43. The molecule has 6 heteroatoms. The van der Waals surface area contributed by atoms with E-state index in [0.717, 1.165) is 31.4 Å². The second kappa shape index (κ2) is 9.78. The van der Waals surface area contributed by atoms with Crippen LogP contribution >= 0.6 is 0 Å². The second-order valence-corrected chi connectivity index (χ2v) is 5.38. The number of hydrogen-bond donors (Lipinski definition) is 4. The lowest BCUT2D eigenvalue weighted by Gasteiger charge is -2.24. The van der Waals surface area contributed by atoms with Gasteiger partial charge in [0.25, 0.3) is 0 Å². The van der Waals surface area contributed by atoms with Crippen LogP contribution in [0.3, 0.4) is 0 Å². The first-order valence-corrected chi connectivity index (χ1v) is 7.50. The van der Waals surface area contributed by atoms with Gasteiger partial charge in [0.15, 0.2) is 0 Å². The predicted molar refractivity (Wildman–Crippen MR) is 84.8 cm³/mol. The molecule has 0 unspecified atom stereocenters. The highest BCUT2D eigenvalue weighted by Crippen LogP contribution is 2.25. The van der Waals surface area contributed by atoms with Gasteiger partial charge in [-0.3, -0.25) is 9.59 Å². The molecular weight excluding hydrogens is 284 g/mol. The van der Waals surface area contributed by atoms with Gasteiger partial charge in [0.1, 0.15) is 12.6 Å². The smallest absolute Gasteiger partial charge is 0.322 e. The number of rotatable bonds is 5. The van der Waals surface area contributed by atoms with E-state index in [-0.39, 0.29) is 12.5 Å². The number of carbonyl (C=O) groups is 2. The highest BCUT2D eigenvalue weighted by molar-refractivity contribution is 5.73. The molecule has 2 rings (SSSR count). The van der Waals surface area contributed by atoms with Crippen molar-refractivity contribution in [2.45, 2.75) is 38.1 Å². The fraction of sp³-hybridized carbons (Fsp3) is 0.500. The molecule has 1 saturated carbocycles. The third-order valence-electron chi connectivity index (χ3n) is 3.66. The van der Waals surface area contributed by atoms with Crippen molar-refractivity contribution in [1.29, 1.82) is 0 Å². The molecule has 1 aliphatic carbocycles. The predicted octanol–water partition coefficient (Wildman–Crippen LogP) is 2.16. The highest BCUT2D eigenvalue weighted by Gasteiger charge is 2.25. The van der Waals surface area contributed by atoms with Gasteiger partial charge in [-0.1, -0.05) is 37.5 Å². The van der Waals surface area contributed by atoms with E-state index >= 15 is 0 Å². The number of benzene rings is 1. The minimum Gasteiger partial charge on any atom is -0.480 e. The minimum absolute atomic E-state index is 0.0377. The maximum Gasteiger partial charge on any atom is 0.322 e. The van der Waals surface area contributed by atoms with Crippen molar-refractivity contribution in [2.24, 2.45) is 11.7 Å². The van der Waals surface area contributed by atoms with Gasteiger partial charge in [-0.2, -0.15) is 0 Å². The molecule has 1 aromatic carbocycles. The zero-order valence-corrected chi connectivity index (χ0v) is 12.6. The summed E-state index contributed by atoms with van der Waals surface area (Å²) in [5, 5.41) is 19.7. The molecule has 1 aromatic rings. The Morgan fingerprint density at radius 3 is 2.23 bits per heavy atom. The number of anilines is 1. The first-order valence-electron chi connectivity index (χ1n) is 7.50. The third kappa shape index (κ3) is 7.08. The number of aliphatic carboxylic acids is 2. The summed E-state index contributed by atoms with van der Waals surface area (Å²) in [5.74, 6) is -1.48. The molecule has 0 heterocycles. The van der Waals surface area contributed by atoms with E-state index in [1.54, 1.807) is 0 Å². The lowest BCUT2D eigenvalue weighted by atomic mass is 9.84. The number of nitrogens with two attached hydrogens (primary N) is 1. The first kappa shape index (κ1) is 18.0. The van der Waals surface area contributed by atoms with Crippen LogP contribution in [0.15, 0.2) is 30.3 Å². The van der Waals surface area contributed by atoms with Crippen LogP contribution in [0, 0.1) is 5.92 Å². The number of carboxylic acids is 2. The van der Waals surface area contributed by atoms with Crippen molar-refractivity contribution >= 4 is 17.6 Å². The zero-order chi connectivity index (χ0) is 16.4. The molecule has 1 fully saturated rings. The Bertz CT molecular complexity index is 458. The van der Waals surface area contributed by atoms with Crippen molar-refractivity contribution < 1.29 is 19.8 Å². The van der Waals surface area contributed by atoms with Gasteiger partial charge in [0.2, 0.25) is 0 Å². The zero-order valence-electron chi connectivity index (χ0n) is 12.6. The van der Waals surface area contributed by atoms with Crippen LogP contribution in [0.2, 0.25) is 0 Å². The molecule has 0 spiro atoms.